The highest BCUT2D eigenvalue weighted by Gasteiger charge is 2.20. The van der Waals surface area contributed by atoms with E-state index in [1.165, 1.54) is 18.2 Å². The van der Waals surface area contributed by atoms with E-state index < -0.39 is 12.1 Å². The van der Waals surface area contributed by atoms with Gasteiger partial charge >= 0.3 is 5.97 Å². The smallest absolute Gasteiger partial charge is 0.343 e. The summed E-state index contributed by atoms with van der Waals surface area (Å²) in [5, 5.41) is 8.62. The Labute approximate surface area is 105 Å². The summed E-state index contributed by atoms with van der Waals surface area (Å²) < 4.78 is 24.1. The molecule has 1 aromatic rings. The predicted molar refractivity (Wildman–Crippen MR) is 64.9 cm³/mol. The summed E-state index contributed by atoms with van der Waals surface area (Å²) >= 11 is 0. The van der Waals surface area contributed by atoms with E-state index in [-0.39, 0.29) is 5.56 Å². The van der Waals surface area contributed by atoms with Gasteiger partial charge in [-0.25, -0.2) is 9.18 Å². The molecular formula is C13H17FO4. The molecule has 1 rings (SSSR count). The number of hydrogen-bond acceptors (Lipinski definition) is 3. The highest BCUT2D eigenvalue weighted by atomic mass is 19.1. The van der Waals surface area contributed by atoms with Crippen LogP contribution >= 0.6 is 0 Å². The number of benzene rings is 1. The van der Waals surface area contributed by atoms with Gasteiger partial charge < -0.3 is 14.6 Å². The van der Waals surface area contributed by atoms with E-state index in [4.69, 9.17) is 14.6 Å². The molecule has 0 spiro atoms. The van der Waals surface area contributed by atoms with Crippen molar-refractivity contribution in [3.8, 4) is 11.5 Å². The first-order valence-electron chi connectivity index (χ1n) is 5.86. The second-order valence-electron chi connectivity index (χ2n) is 3.69. The molecule has 0 radical (unpaired) electrons. The maximum Gasteiger partial charge on any atom is 0.343 e. The Balaban J connectivity index is 2.98. The van der Waals surface area contributed by atoms with Crippen molar-refractivity contribution in [3.63, 3.8) is 0 Å². The van der Waals surface area contributed by atoms with Crippen molar-refractivity contribution < 1.29 is 23.8 Å². The molecular weight excluding hydrogens is 239 g/mol. The molecule has 0 saturated heterocycles. The van der Waals surface area contributed by atoms with Gasteiger partial charge in [0.15, 0.2) is 11.5 Å². The third kappa shape index (κ3) is 3.61. The first-order valence-corrected chi connectivity index (χ1v) is 5.86. The Kier molecular flexibility index (Phi) is 5.42. The Hall–Kier alpha value is -1.78. The van der Waals surface area contributed by atoms with Gasteiger partial charge in [0.25, 0.3) is 0 Å². The summed E-state index contributed by atoms with van der Waals surface area (Å²) in [5.74, 6) is -0.646. The van der Waals surface area contributed by atoms with Crippen molar-refractivity contribution in [3.05, 3.63) is 23.8 Å². The van der Waals surface area contributed by atoms with E-state index in [1.807, 2.05) is 6.92 Å². The molecule has 0 fully saturated rings. The lowest BCUT2D eigenvalue weighted by atomic mass is 10.1. The molecule has 1 unspecified atom stereocenters. The summed E-state index contributed by atoms with van der Waals surface area (Å²) in [5.41, 5.74) is 0.0507. The normalized spacial score (nSPS) is 11.9. The maximum atomic E-state index is 13.4. The summed E-state index contributed by atoms with van der Waals surface area (Å²) in [6.45, 7) is 4.69. The molecule has 0 aliphatic heterocycles. The van der Waals surface area contributed by atoms with Crippen molar-refractivity contribution in [1.82, 2.24) is 0 Å². The number of carboxylic acids is 1. The first-order chi connectivity index (χ1) is 8.60. The minimum Gasteiger partial charge on any atom is -0.490 e. The molecule has 1 atom stereocenters. The molecule has 0 aliphatic rings. The zero-order valence-corrected chi connectivity index (χ0v) is 10.5. The van der Waals surface area contributed by atoms with Crippen LogP contribution in [0, 0.1) is 0 Å². The fourth-order valence-corrected chi connectivity index (χ4v) is 1.42. The molecule has 4 nitrogen and oxygen atoms in total. The number of halogens is 1. The van der Waals surface area contributed by atoms with Crippen LogP contribution in [-0.2, 0) is 4.79 Å². The minimum atomic E-state index is -2.05. The topological polar surface area (TPSA) is 55.8 Å². The Morgan fingerprint density at radius 2 is 2.06 bits per heavy atom. The van der Waals surface area contributed by atoms with E-state index in [0.717, 1.165) is 6.42 Å². The molecule has 0 heterocycles. The minimum absolute atomic E-state index is 0.0507. The largest absolute Gasteiger partial charge is 0.490 e. The van der Waals surface area contributed by atoms with Crippen LogP contribution in [0.1, 0.15) is 32.0 Å². The summed E-state index contributed by atoms with van der Waals surface area (Å²) in [7, 11) is 0. The van der Waals surface area contributed by atoms with E-state index in [0.29, 0.717) is 24.7 Å². The molecule has 0 aromatic heterocycles. The van der Waals surface area contributed by atoms with E-state index >= 15 is 0 Å². The second-order valence-corrected chi connectivity index (χ2v) is 3.69. The fourth-order valence-electron chi connectivity index (χ4n) is 1.42. The fraction of sp³-hybridized carbons (Fsp3) is 0.462. The number of rotatable bonds is 7. The van der Waals surface area contributed by atoms with Crippen molar-refractivity contribution in [1.29, 1.82) is 0 Å². The lowest BCUT2D eigenvalue weighted by Gasteiger charge is -2.13. The number of alkyl halides is 1. The summed E-state index contributed by atoms with van der Waals surface area (Å²) in [6, 6.07) is 4.30. The van der Waals surface area contributed by atoms with Crippen LogP contribution in [-0.4, -0.2) is 24.3 Å². The van der Waals surface area contributed by atoms with Gasteiger partial charge in [-0.1, -0.05) is 13.0 Å². The van der Waals surface area contributed by atoms with Gasteiger partial charge in [0.1, 0.15) is 0 Å². The number of ether oxygens (including phenoxy) is 2. The SMILES string of the molecule is CCCOc1ccc(C(F)C(=O)O)cc1OCC. The van der Waals surface area contributed by atoms with Crippen molar-refractivity contribution in [2.75, 3.05) is 13.2 Å². The van der Waals surface area contributed by atoms with Gasteiger partial charge in [0, 0.05) is 5.56 Å². The summed E-state index contributed by atoms with van der Waals surface area (Å²) in [4.78, 5) is 10.6. The molecule has 0 aliphatic carbocycles. The average Bonchev–Trinajstić information content (AvgIpc) is 2.36. The highest BCUT2D eigenvalue weighted by Crippen LogP contribution is 2.32. The molecule has 0 saturated carbocycles. The average molecular weight is 256 g/mol. The van der Waals surface area contributed by atoms with Gasteiger partial charge in [-0.15, -0.1) is 0 Å². The van der Waals surface area contributed by atoms with Gasteiger partial charge in [-0.3, -0.25) is 0 Å². The predicted octanol–water partition coefficient (Wildman–Crippen LogP) is 2.97. The van der Waals surface area contributed by atoms with Crippen molar-refractivity contribution in [2.45, 2.75) is 26.4 Å². The van der Waals surface area contributed by atoms with Crippen LogP contribution in [0.15, 0.2) is 18.2 Å². The van der Waals surface area contributed by atoms with Crippen LogP contribution in [0.4, 0.5) is 4.39 Å². The lowest BCUT2D eigenvalue weighted by Crippen LogP contribution is -2.07. The molecule has 0 bridgehead atoms. The van der Waals surface area contributed by atoms with Gasteiger partial charge in [0.2, 0.25) is 6.17 Å². The summed E-state index contributed by atoms with van der Waals surface area (Å²) in [6.07, 6.45) is -1.21. The monoisotopic (exact) mass is 256 g/mol. The van der Waals surface area contributed by atoms with Crippen molar-refractivity contribution >= 4 is 5.97 Å². The number of aliphatic carboxylic acids is 1. The Morgan fingerprint density at radius 1 is 1.33 bits per heavy atom. The molecule has 1 N–H and O–H groups in total. The van der Waals surface area contributed by atoms with Crippen LogP contribution in [0.2, 0.25) is 0 Å². The van der Waals surface area contributed by atoms with Crippen LogP contribution < -0.4 is 9.47 Å². The molecule has 0 amide bonds. The zero-order chi connectivity index (χ0) is 13.5. The number of carboxylic acid groups (broad SMARTS) is 1. The van der Waals surface area contributed by atoms with Crippen LogP contribution in [0.25, 0.3) is 0 Å². The maximum absolute atomic E-state index is 13.4. The van der Waals surface area contributed by atoms with Crippen molar-refractivity contribution in [2.24, 2.45) is 0 Å². The third-order valence-corrected chi connectivity index (χ3v) is 2.24. The van der Waals surface area contributed by atoms with E-state index in [2.05, 4.69) is 0 Å². The lowest BCUT2D eigenvalue weighted by molar-refractivity contribution is -0.143. The standard InChI is InChI=1S/C13H17FO4/c1-3-7-18-10-6-5-9(12(14)13(15)16)8-11(10)17-4-2/h5-6,8,12H,3-4,7H2,1-2H3,(H,15,16). The second kappa shape index (κ2) is 6.83. The van der Waals surface area contributed by atoms with Crippen LogP contribution in [0.5, 0.6) is 11.5 Å². The first kappa shape index (κ1) is 14.3. The van der Waals surface area contributed by atoms with E-state index in [1.54, 1.807) is 6.92 Å². The number of carbonyl (C=O) groups is 1. The number of hydrogen-bond donors (Lipinski definition) is 1. The quantitative estimate of drug-likeness (QED) is 0.814. The highest BCUT2D eigenvalue weighted by molar-refractivity contribution is 5.74. The van der Waals surface area contributed by atoms with E-state index in [9.17, 15) is 9.18 Å². The molecule has 100 valence electrons. The molecule has 18 heavy (non-hydrogen) atoms. The zero-order valence-electron chi connectivity index (χ0n) is 10.5. The molecule has 1 aromatic carbocycles. The third-order valence-electron chi connectivity index (χ3n) is 2.24. The van der Waals surface area contributed by atoms with Gasteiger partial charge in [0.05, 0.1) is 13.2 Å². The van der Waals surface area contributed by atoms with Gasteiger partial charge in [-0.05, 0) is 25.5 Å². The molecule has 5 heteroatoms. The Morgan fingerprint density at radius 3 is 2.61 bits per heavy atom. The van der Waals surface area contributed by atoms with Gasteiger partial charge in [-0.2, -0.15) is 0 Å². The Bertz CT molecular complexity index is 406. The van der Waals surface area contributed by atoms with Crippen LogP contribution in [0.3, 0.4) is 0 Å².